The number of hydrogen-bond donors (Lipinski definition) is 1. The average molecular weight is 408 g/mol. The van der Waals surface area contributed by atoms with Gasteiger partial charge >= 0.3 is 5.97 Å². The highest BCUT2D eigenvalue weighted by Gasteiger charge is 2.22. The summed E-state index contributed by atoms with van der Waals surface area (Å²) in [4.78, 5) is 24.5. The lowest BCUT2D eigenvalue weighted by molar-refractivity contribution is -0.147. The Kier molecular flexibility index (Phi) is 6.70. The summed E-state index contributed by atoms with van der Waals surface area (Å²) in [5.74, 6) is -1.65. The number of rotatable bonds is 6. The summed E-state index contributed by atoms with van der Waals surface area (Å²) in [5, 5.41) is 2.72. The maximum absolute atomic E-state index is 13.9. The Morgan fingerprint density at radius 3 is 2.48 bits per heavy atom. The van der Waals surface area contributed by atoms with Crippen molar-refractivity contribution in [3.63, 3.8) is 0 Å². The first-order valence-electron chi connectivity index (χ1n) is 7.87. The molecule has 0 heterocycles. The molecule has 0 bridgehead atoms. The molecule has 0 aliphatic carbocycles. The predicted octanol–water partition coefficient (Wildman–Crippen LogP) is 4.40. The quantitative estimate of drug-likeness (QED) is 0.721. The van der Waals surface area contributed by atoms with Gasteiger partial charge in [0.15, 0.2) is 0 Å². The molecule has 4 nitrogen and oxygen atoms in total. The first kappa shape index (κ1) is 19.1. The zero-order valence-corrected chi connectivity index (χ0v) is 15.5. The minimum Gasteiger partial charge on any atom is -0.463 e. The molecular formula is C19H19BrFNO3. The fraction of sp³-hybridized carbons (Fsp3) is 0.263. The van der Waals surface area contributed by atoms with Crippen LogP contribution in [0.25, 0.3) is 0 Å². The lowest BCUT2D eigenvalue weighted by Gasteiger charge is -2.19. The summed E-state index contributed by atoms with van der Waals surface area (Å²) in [6.45, 7) is 3.51. The molecule has 0 fully saturated rings. The van der Waals surface area contributed by atoms with Gasteiger partial charge < -0.3 is 10.1 Å². The van der Waals surface area contributed by atoms with E-state index in [4.69, 9.17) is 4.74 Å². The zero-order chi connectivity index (χ0) is 18.4. The van der Waals surface area contributed by atoms with Crippen LogP contribution in [0.1, 0.15) is 42.2 Å². The van der Waals surface area contributed by atoms with Crippen molar-refractivity contribution in [2.45, 2.75) is 32.4 Å². The van der Waals surface area contributed by atoms with E-state index < -0.39 is 23.7 Å². The van der Waals surface area contributed by atoms with E-state index in [9.17, 15) is 14.0 Å². The van der Waals surface area contributed by atoms with Crippen LogP contribution in [0, 0.1) is 5.82 Å². The standard InChI is InChI=1S/C19H19BrFNO3/c1-12(2)25-18(23)11-17(13-6-4-3-5-7-13)22-19(24)15-10-14(20)8-9-16(15)21/h3-10,12,17H,11H2,1-2H3,(H,22,24). The topological polar surface area (TPSA) is 55.4 Å². The first-order valence-corrected chi connectivity index (χ1v) is 8.66. The van der Waals surface area contributed by atoms with Crippen LogP contribution in [-0.4, -0.2) is 18.0 Å². The molecule has 0 aromatic heterocycles. The molecule has 1 N–H and O–H groups in total. The van der Waals surface area contributed by atoms with Crippen molar-refractivity contribution in [3.8, 4) is 0 Å². The van der Waals surface area contributed by atoms with Crippen LogP contribution in [-0.2, 0) is 9.53 Å². The van der Waals surface area contributed by atoms with E-state index in [1.165, 1.54) is 18.2 Å². The lowest BCUT2D eigenvalue weighted by atomic mass is 10.0. The number of carbonyl (C=O) groups is 2. The summed E-state index contributed by atoms with van der Waals surface area (Å²) in [6.07, 6.45) is -0.286. The number of hydrogen-bond acceptors (Lipinski definition) is 3. The van der Waals surface area contributed by atoms with Gasteiger partial charge in [-0.2, -0.15) is 0 Å². The van der Waals surface area contributed by atoms with Gasteiger partial charge in [-0.15, -0.1) is 0 Å². The summed E-state index contributed by atoms with van der Waals surface area (Å²) in [6, 6.07) is 12.6. The Morgan fingerprint density at radius 2 is 1.84 bits per heavy atom. The van der Waals surface area contributed by atoms with Crippen LogP contribution in [0.5, 0.6) is 0 Å². The molecule has 0 aliphatic rings. The van der Waals surface area contributed by atoms with Gasteiger partial charge in [0.2, 0.25) is 0 Å². The molecule has 0 saturated heterocycles. The van der Waals surface area contributed by atoms with Gasteiger partial charge in [0, 0.05) is 4.47 Å². The van der Waals surface area contributed by atoms with Crippen LogP contribution in [0.3, 0.4) is 0 Å². The van der Waals surface area contributed by atoms with Crippen molar-refractivity contribution < 1.29 is 18.7 Å². The van der Waals surface area contributed by atoms with E-state index in [-0.39, 0.29) is 18.1 Å². The molecule has 2 aromatic rings. The van der Waals surface area contributed by atoms with E-state index >= 15 is 0 Å². The Hall–Kier alpha value is -2.21. The van der Waals surface area contributed by atoms with Crippen LogP contribution in [0.2, 0.25) is 0 Å². The number of esters is 1. The second kappa shape index (κ2) is 8.76. The zero-order valence-electron chi connectivity index (χ0n) is 14.0. The molecule has 1 atom stereocenters. The average Bonchev–Trinajstić information content (AvgIpc) is 2.56. The highest BCUT2D eigenvalue weighted by Crippen LogP contribution is 2.21. The molecule has 2 aromatic carbocycles. The Balaban J connectivity index is 2.22. The number of benzene rings is 2. The van der Waals surface area contributed by atoms with Crippen molar-refractivity contribution in [2.24, 2.45) is 0 Å². The summed E-state index contributed by atoms with van der Waals surface area (Å²) < 4.78 is 19.7. The molecule has 25 heavy (non-hydrogen) atoms. The van der Waals surface area contributed by atoms with Gasteiger partial charge in [-0.1, -0.05) is 46.3 Å². The highest BCUT2D eigenvalue weighted by molar-refractivity contribution is 9.10. The molecule has 0 saturated carbocycles. The summed E-state index contributed by atoms with van der Waals surface area (Å²) >= 11 is 3.22. The predicted molar refractivity (Wildman–Crippen MR) is 96.6 cm³/mol. The molecule has 0 radical (unpaired) electrons. The minimum absolute atomic E-state index is 0.0381. The van der Waals surface area contributed by atoms with Crippen molar-refractivity contribution in [2.75, 3.05) is 0 Å². The van der Waals surface area contributed by atoms with Crippen molar-refractivity contribution >= 4 is 27.8 Å². The maximum Gasteiger partial charge on any atom is 0.308 e. The van der Waals surface area contributed by atoms with Crippen LogP contribution in [0.4, 0.5) is 4.39 Å². The Morgan fingerprint density at radius 1 is 1.16 bits per heavy atom. The summed E-state index contributed by atoms with van der Waals surface area (Å²) in [5.41, 5.74) is 0.652. The largest absolute Gasteiger partial charge is 0.463 e. The monoisotopic (exact) mass is 407 g/mol. The number of carbonyl (C=O) groups excluding carboxylic acids is 2. The normalized spacial score (nSPS) is 11.9. The maximum atomic E-state index is 13.9. The third kappa shape index (κ3) is 5.67. The third-order valence-corrected chi connectivity index (χ3v) is 3.91. The van der Waals surface area contributed by atoms with Gasteiger partial charge in [0.05, 0.1) is 24.1 Å². The molecule has 0 aliphatic heterocycles. The van der Waals surface area contributed by atoms with E-state index in [0.717, 1.165) is 5.56 Å². The van der Waals surface area contributed by atoms with Gasteiger partial charge in [-0.25, -0.2) is 4.39 Å². The van der Waals surface area contributed by atoms with Gasteiger partial charge in [-0.3, -0.25) is 9.59 Å². The highest BCUT2D eigenvalue weighted by atomic mass is 79.9. The van der Waals surface area contributed by atoms with Crippen molar-refractivity contribution in [1.29, 1.82) is 0 Å². The Labute approximate surface area is 154 Å². The van der Waals surface area contributed by atoms with E-state index in [1.54, 1.807) is 26.0 Å². The molecule has 1 unspecified atom stereocenters. The van der Waals surface area contributed by atoms with Crippen LogP contribution >= 0.6 is 15.9 Å². The molecule has 1 amide bonds. The van der Waals surface area contributed by atoms with E-state index in [1.807, 2.05) is 18.2 Å². The van der Waals surface area contributed by atoms with E-state index in [0.29, 0.717) is 4.47 Å². The number of halogens is 2. The van der Waals surface area contributed by atoms with Crippen LogP contribution < -0.4 is 5.32 Å². The fourth-order valence-corrected chi connectivity index (χ4v) is 2.68. The van der Waals surface area contributed by atoms with Crippen molar-refractivity contribution in [3.05, 3.63) is 69.9 Å². The Bertz CT molecular complexity index is 750. The summed E-state index contributed by atoms with van der Waals surface area (Å²) in [7, 11) is 0. The lowest BCUT2D eigenvalue weighted by Crippen LogP contribution is -2.31. The molecule has 132 valence electrons. The number of nitrogens with one attached hydrogen (secondary N) is 1. The number of ether oxygens (including phenoxy) is 1. The molecule has 0 spiro atoms. The number of amides is 1. The smallest absolute Gasteiger partial charge is 0.308 e. The molecular weight excluding hydrogens is 389 g/mol. The second-order valence-electron chi connectivity index (χ2n) is 5.80. The van der Waals surface area contributed by atoms with Gasteiger partial charge in [0.25, 0.3) is 5.91 Å². The SMILES string of the molecule is CC(C)OC(=O)CC(NC(=O)c1cc(Br)ccc1F)c1ccccc1. The molecule has 6 heteroatoms. The van der Waals surface area contributed by atoms with Gasteiger partial charge in [0.1, 0.15) is 5.82 Å². The first-order chi connectivity index (χ1) is 11.9. The second-order valence-corrected chi connectivity index (χ2v) is 6.72. The van der Waals surface area contributed by atoms with Crippen molar-refractivity contribution in [1.82, 2.24) is 5.32 Å². The van der Waals surface area contributed by atoms with E-state index in [2.05, 4.69) is 21.2 Å². The minimum atomic E-state index is -0.628. The molecule has 2 rings (SSSR count). The van der Waals surface area contributed by atoms with Gasteiger partial charge in [-0.05, 0) is 37.6 Å². The van der Waals surface area contributed by atoms with Crippen LogP contribution in [0.15, 0.2) is 53.0 Å². The third-order valence-electron chi connectivity index (χ3n) is 3.42. The fourth-order valence-electron chi connectivity index (χ4n) is 2.32.